The largest absolute Gasteiger partial charge is 0.392 e. The van der Waals surface area contributed by atoms with Crippen LogP contribution < -0.4 is 0 Å². The van der Waals surface area contributed by atoms with Gasteiger partial charge in [0.25, 0.3) is 0 Å². The Balaban J connectivity index is 1.90. The van der Waals surface area contributed by atoms with Gasteiger partial charge in [0.05, 0.1) is 11.9 Å². The molecule has 102 valence electrons. The van der Waals surface area contributed by atoms with Crippen LogP contribution in [0.4, 0.5) is 0 Å². The number of hydrogen-bond donors (Lipinski definition) is 1. The Bertz CT molecular complexity index is 510. The van der Waals surface area contributed by atoms with E-state index < -0.39 is 0 Å². The SMILES string of the molecule is CCc1noc(C(C)SCc2ccc(CO)cc2)n1. The second-order valence-electron chi connectivity index (χ2n) is 4.33. The van der Waals surface area contributed by atoms with Gasteiger partial charge in [-0.25, -0.2) is 0 Å². The van der Waals surface area contributed by atoms with Crippen molar-refractivity contribution in [2.75, 3.05) is 0 Å². The molecule has 1 aromatic heterocycles. The minimum Gasteiger partial charge on any atom is -0.392 e. The van der Waals surface area contributed by atoms with Gasteiger partial charge in [0.2, 0.25) is 5.89 Å². The standard InChI is InChI=1S/C14H18N2O2S/c1-3-13-15-14(18-16-13)10(2)19-9-12-6-4-11(8-17)5-7-12/h4-7,10,17H,3,8-9H2,1-2H3. The van der Waals surface area contributed by atoms with Crippen molar-refractivity contribution < 1.29 is 9.63 Å². The fourth-order valence-electron chi connectivity index (χ4n) is 1.61. The van der Waals surface area contributed by atoms with E-state index in [4.69, 9.17) is 9.63 Å². The zero-order valence-corrected chi connectivity index (χ0v) is 12.0. The molecule has 0 bridgehead atoms. The monoisotopic (exact) mass is 278 g/mol. The van der Waals surface area contributed by atoms with Crippen LogP contribution in [0.3, 0.4) is 0 Å². The van der Waals surface area contributed by atoms with E-state index in [9.17, 15) is 0 Å². The van der Waals surface area contributed by atoms with Crippen LogP contribution in [-0.2, 0) is 18.8 Å². The van der Waals surface area contributed by atoms with Crippen LogP contribution in [0.1, 0.15) is 41.9 Å². The summed E-state index contributed by atoms with van der Waals surface area (Å²) in [4.78, 5) is 4.34. The minimum absolute atomic E-state index is 0.0889. The first-order valence-electron chi connectivity index (χ1n) is 6.35. The maximum absolute atomic E-state index is 8.99. The number of aliphatic hydroxyl groups excluding tert-OH is 1. The van der Waals surface area contributed by atoms with E-state index in [1.807, 2.05) is 31.2 Å². The van der Waals surface area contributed by atoms with Gasteiger partial charge in [-0.05, 0) is 18.1 Å². The zero-order chi connectivity index (χ0) is 13.7. The van der Waals surface area contributed by atoms with Crippen molar-refractivity contribution in [3.8, 4) is 0 Å². The lowest BCUT2D eigenvalue weighted by Crippen LogP contribution is -1.92. The maximum Gasteiger partial charge on any atom is 0.239 e. The summed E-state index contributed by atoms with van der Waals surface area (Å²) in [7, 11) is 0. The lowest BCUT2D eigenvalue weighted by Gasteiger charge is -2.06. The van der Waals surface area contributed by atoms with Gasteiger partial charge in [0.15, 0.2) is 5.82 Å². The first-order valence-corrected chi connectivity index (χ1v) is 7.40. The highest BCUT2D eigenvalue weighted by atomic mass is 32.2. The van der Waals surface area contributed by atoms with Gasteiger partial charge in [0, 0.05) is 12.2 Å². The molecule has 4 nitrogen and oxygen atoms in total. The highest BCUT2D eigenvalue weighted by molar-refractivity contribution is 7.98. The second-order valence-corrected chi connectivity index (χ2v) is 5.66. The Labute approximate surface area is 117 Å². The van der Waals surface area contributed by atoms with E-state index >= 15 is 0 Å². The number of thioether (sulfide) groups is 1. The lowest BCUT2D eigenvalue weighted by atomic mass is 10.2. The molecule has 1 unspecified atom stereocenters. The van der Waals surface area contributed by atoms with Crippen molar-refractivity contribution in [2.45, 2.75) is 37.9 Å². The van der Waals surface area contributed by atoms with Crippen molar-refractivity contribution in [1.82, 2.24) is 10.1 Å². The van der Waals surface area contributed by atoms with Gasteiger partial charge in [-0.3, -0.25) is 0 Å². The van der Waals surface area contributed by atoms with E-state index in [1.54, 1.807) is 11.8 Å². The third-order valence-corrected chi connectivity index (χ3v) is 4.05. The molecule has 0 saturated carbocycles. The minimum atomic E-state index is 0.0889. The Morgan fingerprint density at radius 2 is 1.95 bits per heavy atom. The van der Waals surface area contributed by atoms with Crippen molar-refractivity contribution in [1.29, 1.82) is 0 Å². The zero-order valence-electron chi connectivity index (χ0n) is 11.2. The molecule has 1 atom stereocenters. The fraction of sp³-hybridized carbons (Fsp3) is 0.429. The number of aromatic nitrogens is 2. The first-order chi connectivity index (χ1) is 9.22. The van der Waals surface area contributed by atoms with Gasteiger partial charge in [-0.2, -0.15) is 4.98 Å². The van der Waals surface area contributed by atoms with Crippen LogP contribution in [0.2, 0.25) is 0 Å². The molecule has 1 N–H and O–H groups in total. The Morgan fingerprint density at radius 1 is 1.26 bits per heavy atom. The smallest absolute Gasteiger partial charge is 0.239 e. The van der Waals surface area contributed by atoms with Crippen LogP contribution in [0.25, 0.3) is 0 Å². The summed E-state index contributed by atoms with van der Waals surface area (Å²) >= 11 is 1.76. The number of hydrogen-bond acceptors (Lipinski definition) is 5. The third kappa shape index (κ3) is 3.81. The number of benzene rings is 1. The molecular weight excluding hydrogens is 260 g/mol. The van der Waals surface area contributed by atoms with Crippen LogP contribution in [0, 0.1) is 0 Å². The molecule has 2 rings (SSSR count). The lowest BCUT2D eigenvalue weighted by molar-refractivity contribution is 0.282. The molecule has 0 aliphatic carbocycles. The molecule has 0 aliphatic heterocycles. The van der Waals surface area contributed by atoms with E-state index in [0.29, 0.717) is 5.89 Å². The van der Waals surface area contributed by atoms with E-state index in [0.717, 1.165) is 23.6 Å². The van der Waals surface area contributed by atoms with Crippen LogP contribution >= 0.6 is 11.8 Å². The third-order valence-electron chi connectivity index (χ3n) is 2.85. The van der Waals surface area contributed by atoms with Crippen molar-refractivity contribution in [3.63, 3.8) is 0 Å². The summed E-state index contributed by atoms with van der Waals surface area (Å²) in [6.07, 6.45) is 0.795. The van der Waals surface area contributed by atoms with Gasteiger partial charge >= 0.3 is 0 Å². The molecule has 0 radical (unpaired) electrons. The summed E-state index contributed by atoms with van der Waals surface area (Å²) < 4.78 is 5.23. The molecule has 19 heavy (non-hydrogen) atoms. The van der Waals surface area contributed by atoms with Crippen molar-refractivity contribution in [3.05, 3.63) is 47.1 Å². The number of aliphatic hydroxyl groups is 1. The predicted octanol–water partition coefficient (Wildman–Crippen LogP) is 3.12. The Kier molecular flexibility index (Phi) is 4.99. The van der Waals surface area contributed by atoms with Gasteiger partial charge in [-0.15, -0.1) is 11.8 Å². The van der Waals surface area contributed by atoms with Gasteiger partial charge in [0.1, 0.15) is 0 Å². The molecule has 0 spiro atoms. The second kappa shape index (κ2) is 6.73. The highest BCUT2D eigenvalue weighted by Gasteiger charge is 2.14. The fourth-order valence-corrected chi connectivity index (χ4v) is 2.48. The van der Waals surface area contributed by atoms with Crippen molar-refractivity contribution in [2.24, 2.45) is 0 Å². The molecule has 2 aromatic rings. The van der Waals surface area contributed by atoms with Crippen LogP contribution in [0.5, 0.6) is 0 Å². The topological polar surface area (TPSA) is 59.2 Å². The highest BCUT2D eigenvalue weighted by Crippen LogP contribution is 2.29. The molecule has 1 heterocycles. The molecule has 0 saturated heterocycles. The summed E-state index contributed by atoms with van der Waals surface area (Å²) in [6.45, 7) is 4.17. The van der Waals surface area contributed by atoms with E-state index in [1.165, 1.54) is 5.56 Å². The summed E-state index contributed by atoms with van der Waals surface area (Å²) in [5, 5.41) is 13.1. The molecule has 5 heteroatoms. The van der Waals surface area contributed by atoms with Gasteiger partial charge < -0.3 is 9.63 Å². The van der Waals surface area contributed by atoms with E-state index in [-0.39, 0.29) is 11.9 Å². The Morgan fingerprint density at radius 3 is 2.53 bits per heavy atom. The van der Waals surface area contributed by atoms with Gasteiger partial charge in [-0.1, -0.05) is 36.3 Å². The van der Waals surface area contributed by atoms with Crippen LogP contribution in [-0.4, -0.2) is 15.2 Å². The van der Waals surface area contributed by atoms with Crippen LogP contribution in [0.15, 0.2) is 28.8 Å². The summed E-state index contributed by atoms with van der Waals surface area (Å²) in [5.41, 5.74) is 2.16. The number of rotatable bonds is 6. The molecule has 0 amide bonds. The molecule has 0 fully saturated rings. The number of aryl methyl sites for hydroxylation is 1. The maximum atomic E-state index is 8.99. The average molecular weight is 278 g/mol. The molecular formula is C14H18N2O2S. The van der Waals surface area contributed by atoms with E-state index in [2.05, 4.69) is 17.1 Å². The normalized spacial score (nSPS) is 12.6. The van der Waals surface area contributed by atoms with Crippen molar-refractivity contribution >= 4 is 11.8 Å². The molecule has 0 aliphatic rings. The predicted molar refractivity (Wildman–Crippen MR) is 75.8 cm³/mol. The quantitative estimate of drug-likeness (QED) is 0.879. The number of nitrogens with zero attached hydrogens (tertiary/aromatic N) is 2. The summed E-state index contributed by atoms with van der Waals surface area (Å²) in [5.74, 6) is 2.33. The summed E-state index contributed by atoms with van der Waals surface area (Å²) in [6, 6.07) is 7.97. The Hall–Kier alpha value is -1.33. The average Bonchev–Trinajstić information content (AvgIpc) is 2.94. The first kappa shape index (κ1) is 14.1. The molecule has 1 aromatic carbocycles.